The first-order valence-electron chi connectivity index (χ1n) is 7.35. The number of anilines is 1. The van der Waals surface area contributed by atoms with Gasteiger partial charge in [-0.15, -0.1) is 0 Å². The van der Waals surface area contributed by atoms with Gasteiger partial charge in [-0.05, 0) is 38.0 Å². The molecule has 0 unspecified atom stereocenters. The van der Waals surface area contributed by atoms with Gasteiger partial charge in [0.05, 0.1) is 5.69 Å². The van der Waals surface area contributed by atoms with E-state index in [2.05, 4.69) is 30.9 Å². The van der Waals surface area contributed by atoms with Crippen molar-refractivity contribution in [2.45, 2.75) is 39.4 Å². The molecule has 2 aromatic carbocycles. The average Bonchev–Trinajstić information content (AvgIpc) is 2.45. The topological polar surface area (TPSA) is 29.3 Å². The van der Waals surface area contributed by atoms with Crippen molar-refractivity contribution < 1.29 is 4.39 Å². The molecule has 21 heavy (non-hydrogen) atoms. The van der Waals surface area contributed by atoms with E-state index in [0.29, 0.717) is 12.2 Å². The summed E-state index contributed by atoms with van der Waals surface area (Å²) in [7, 11) is 0. The Hall–Kier alpha value is -1.87. The largest absolute Gasteiger partial charge is 0.362 e. The number of para-hydroxylation sites is 1. The number of rotatable bonds is 5. The van der Waals surface area contributed by atoms with Gasteiger partial charge in [-0.3, -0.25) is 0 Å². The van der Waals surface area contributed by atoms with Gasteiger partial charge >= 0.3 is 0 Å². The lowest BCUT2D eigenvalue weighted by Crippen LogP contribution is -2.32. The Morgan fingerprint density at radius 1 is 1.00 bits per heavy atom. The average molecular weight is 286 g/mol. The number of nitrogens with two attached hydrogens (primary N) is 1. The summed E-state index contributed by atoms with van der Waals surface area (Å²) in [6.45, 7) is 6.69. The molecule has 0 bridgehead atoms. The van der Waals surface area contributed by atoms with E-state index in [-0.39, 0.29) is 17.9 Å². The molecule has 0 aromatic heterocycles. The Balaban J connectivity index is 2.44. The van der Waals surface area contributed by atoms with E-state index in [9.17, 15) is 4.39 Å². The normalized spacial score (nSPS) is 12.5. The summed E-state index contributed by atoms with van der Waals surface area (Å²) in [6, 6.07) is 15.2. The first kappa shape index (κ1) is 15.5. The molecular weight excluding hydrogens is 263 g/mol. The Morgan fingerprint density at radius 3 is 2.24 bits per heavy atom. The molecule has 3 heteroatoms. The van der Waals surface area contributed by atoms with E-state index >= 15 is 0 Å². The lowest BCUT2D eigenvalue weighted by atomic mass is 10.0. The van der Waals surface area contributed by atoms with Crippen LogP contribution in [0.4, 0.5) is 10.1 Å². The van der Waals surface area contributed by atoms with Gasteiger partial charge in [0.2, 0.25) is 0 Å². The summed E-state index contributed by atoms with van der Waals surface area (Å²) >= 11 is 0. The first-order chi connectivity index (χ1) is 10.0. The Labute approximate surface area is 126 Å². The molecule has 0 aliphatic carbocycles. The molecule has 0 saturated heterocycles. The van der Waals surface area contributed by atoms with Crippen molar-refractivity contribution in [2.75, 3.05) is 4.90 Å². The molecule has 2 rings (SSSR count). The van der Waals surface area contributed by atoms with Crippen LogP contribution in [0, 0.1) is 5.82 Å². The van der Waals surface area contributed by atoms with Crippen molar-refractivity contribution in [3.63, 3.8) is 0 Å². The van der Waals surface area contributed by atoms with Gasteiger partial charge < -0.3 is 10.6 Å². The second kappa shape index (κ2) is 6.72. The van der Waals surface area contributed by atoms with Crippen molar-refractivity contribution in [3.05, 3.63) is 65.5 Å². The third-order valence-corrected chi connectivity index (χ3v) is 3.61. The SMILES string of the molecule is CC(C)N(Cc1ccccc1)c1c(F)cccc1[C@H](C)N. The molecule has 0 heterocycles. The van der Waals surface area contributed by atoms with Gasteiger partial charge in [0.15, 0.2) is 0 Å². The van der Waals surface area contributed by atoms with E-state index in [1.807, 2.05) is 31.2 Å². The minimum atomic E-state index is -0.213. The fourth-order valence-corrected chi connectivity index (χ4v) is 2.50. The third-order valence-electron chi connectivity index (χ3n) is 3.61. The lowest BCUT2D eigenvalue weighted by Gasteiger charge is -2.32. The van der Waals surface area contributed by atoms with Crippen LogP contribution in [0.3, 0.4) is 0 Å². The van der Waals surface area contributed by atoms with Crippen molar-refractivity contribution in [2.24, 2.45) is 5.73 Å². The fourth-order valence-electron chi connectivity index (χ4n) is 2.50. The highest BCUT2D eigenvalue weighted by atomic mass is 19.1. The van der Waals surface area contributed by atoms with Gasteiger partial charge in [0.1, 0.15) is 5.82 Å². The molecule has 0 spiro atoms. The van der Waals surface area contributed by atoms with Gasteiger partial charge in [0.25, 0.3) is 0 Å². The quantitative estimate of drug-likeness (QED) is 0.890. The van der Waals surface area contributed by atoms with Crippen LogP contribution in [0.15, 0.2) is 48.5 Å². The smallest absolute Gasteiger partial charge is 0.146 e. The standard InChI is InChI=1S/C18H23FN2/c1-13(2)21(12-15-8-5-4-6-9-15)18-16(14(3)20)10-7-11-17(18)19/h4-11,13-14H,12,20H2,1-3H3/t14-/m0/s1. The van der Waals surface area contributed by atoms with Crippen LogP contribution < -0.4 is 10.6 Å². The maximum absolute atomic E-state index is 14.4. The highest BCUT2D eigenvalue weighted by Gasteiger charge is 2.20. The molecule has 0 radical (unpaired) electrons. The maximum atomic E-state index is 14.4. The Bertz CT molecular complexity index is 579. The van der Waals surface area contributed by atoms with E-state index in [0.717, 1.165) is 11.1 Å². The summed E-state index contributed by atoms with van der Waals surface area (Å²) in [4.78, 5) is 2.07. The highest BCUT2D eigenvalue weighted by molar-refractivity contribution is 5.57. The summed E-state index contributed by atoms with van der Waals surface area (Å²) in [6.07, 6.45) is 0. The zero-order valence-electron chi connectivity index (χ0n) is 12.9. The van der Waals surface area contributed by atoms with Crippen LogP contribution in [0.1, 0.15) is 37.9 Å². The molecular formula is C18H23FN2. The number of hydrogen-bond acceptors (Lipinski definition) is 2. The molecule has 0 aliphatic heterocycles. The molecule has 2 aromatic rings. The lowest BCUT2D eigenvalue weighted by molar-refractivity contribution is 0.591. The van der Waals surface area contributed by atoms with Crippen molar-refractivity contribution in [1.82, 2.24) is 0 Å². The van der Waals surface area contributed by atoms with E-state index in [1.54, 1.807) is 6.07 Å². The number of hydrogen-bond donors (Lipinski definition) is 1. The molecule has 2 nitrogen and oxygen atoms in total. The minimum Gasteiger partial charge on any atom is -0.362 e. The maximum Gasteiger partial charge on any atom is 0.146 e. The Kier molecular flexibility index (Phi) is 4.97. The summed E-state index contributed by atoms with van der Waals surface area (Å²) in [5, 5.41) is 0. The minimum absolute atomic E-state index is 0.180. The molecule has 0 saturated carbocycles. The van der Waals surface area contributed by atoms with E-state index < -0.39 is 0 Å². The Morgan fingerprint density at radius 2 is 1.67 bits per heavy atom. The molecule has 0 fully saturated rings. The summed E-state index contributed by atoms with van der Waals surface area (Å²) in [5.41, 5.74) is 8.64. The highest BCUT2D eigenvalue weighted by Crippen LogP contribution is 2.31. The monoisotopic (exact) mass is 286 g/mol. The van der Waals surface area contributed by atoms with Crippen LogP contribution in [0.25, 0.3) is 0 Å². The van der Waals surface area contributed by atoms with Crippen LogP contribution >= 0.6 is 0 Å². The number of halogens is 1. The van der Waals surface area contributed by atoms with Crippen LogP contribution in [0.5, 0.6) is 0 Å². The van der Waals surface area contributed by atoms with Crippen molar-refractivity contribution in [1.29, 1.82) is 0 Å². The van der Waals surface area contributed by atoms with Gasteiger partial charge in [0, 0.05) is 18.6 Å². The number of benzene rings is 2. The van der Waals surface area contributed by atoms with Crippen molar-refractivity contribution in [3.8, 4) is 0 Å². The summed E-state index contributed by atoms with van der Waals surface area (Å²) in [5.74, 6) is -0.213. The third kappa shape index (κ3) is 3.61. The first-order valence-corrected chi connectivity index (χ1v) is 7.35. The van der Waals surface area contributed by atoms with Crippen LogP contribution in [0.2, 0.25) is 0 Å². The van der Waals surface area contributed by atoms with Crippen molar-refractivity contribution >= 4 is 5.69 Å². The predicted molar refractivity (Wildman–Crippen MR) is 86.8 cm³/mol. The second-order valence-electron chi connectivity index (χ2n) is 5.67. The molecule has 112 valence electrons. The van der Waals surface area contributed by atoms with Crippen LogP contribution in [-0.2, 0) is 6.54 Å². The second-order valence-corrected chi connectivity index (χ2v) is 5.67. The molecule has 0 aliphatic rings. The van der Waals surface area contributed by atoms with Crippen LogP contribution in [-0.4, -0.2) is 6.04 Å². The zero-order chi connectivity index (χ0) is 15.4. The zero-order valence-corrected chi connectivity index (χ0v) is 12.9. The van der Waals surface area contributed by atoms with Gasteiger partial charge in [-0.2, -0.15) is 0 Å². The predicted octanol–water partition coefficient (Wildman–Crippen LogP) is 4.26. The number of nitrogens with zero attached hydrogens (tertiary/aromatic N) is 1. The molecule has 2 N–H and O–H groups in total. The van der Waals surface area contributed by atoms with E-state index in [4.69, 9.17) is 5.73 Å². The van der Waals surface area contributed by atoms with Gasteiger partial charge in [-0.25, -0.2) is 4.39 Å². The molecule has 1 atom stereocenters. The summed E-state index contributed by atoms with van der Waals surface area (Å²) < 4.78 is 14.4. The fraction of sp³-hybridized carbons (Fsp3) is 0.333. The van der Waals surface area contributed by atoms with Gasteiger partial charge in [-0.1, -0.05) is 42.5 Å². The molecule has 0 amide bonds. The van der Waals surface area contributed by atoms with E-state index in [1.165, 1.54) is 6.07 Å².